The van der Waals surface area contributed by atoms with E-state index in [1.54, 1.807) is 19.4 Å². The number of aromatic nitrogens is 2. The van der Waals surface area contributed by atoms with Crippen molar-refractivity contribution in [2.75, 3.05) is 18.9 Å². The molecule has 8 heteroatoms. The highest BCUT2D eigenvalue weighted by Gasteiger charge is 2.20. The predicted molar refractivity (Wildman–Crippen MR) is 77.8 cm³/mol. The van der Waals surface area contributed by atoms with Gasteiger partial charge in [-0.15, -0.1) is 12.4 Å². The van der Waals surface area contributed by atoms with Crippen molar-refractivity contribution in [2.45, 2.75) is 31.8 Å². The van der Waals surface area contributed by atoms with E-state index in [1.807, 2.05) is 0 Å². The van der Waals surface area contributed by atoms with Gasteiger partial charge in [-0.1, -0.05) is 6.42 Å². The molecule has 1 unspecified atom stereocenters. The Morgan fingerprint density at radius 3 is 2.95 bits per heavy atom. The van der Waals surface area contributed by atoms with Crippen LogP contribution in [0.4, 0.5) is 5.69 Å². The second kappa shape index (κ2) is 7.86. The normalized spacial score (nSPS) is 17.9. The van der Waals surface area contributed by atoms with Crippen LogP contribution in [-0.2, 0) is 16.1 Å². The summed E-state index contributed by atoms with van der Waals surface area (Å²) in [5.41, 5.74) is 0.612. The first-order valence-electron chi connectivity index (χ1n) is 6.46. The molecular formula is C12H20ClN5O2. The highest BCUT2D eigenvalue weighted by atomic mass is 35.5. The summed E-state index contributed by atoms with van der Waals surface area (Å²) in [6.07, 6.45) is 6.24. The van der Waals surface area contributed by atoms with Crippen molar-refractivity contribution in [3.63, 3.8) is 0 Å². The molecule has 0 saturated carbocycles. The molecule has 1 fully saturated rings. The topological polar surface area (TPSA) is 88.0 Å². The molecule has 1 atom stereocenters. The summed E-state index contributed by atoms with van der Waals surface area (Å²) in [5.74, 6) is -0.172. The summed E-state index contributed by atoms with van der Waals surface area (Å²) in [6, 6.07) is -0.129. The van der Waals surface area contributed by atoms with Crippen molar-refractivity contribution in [1.82, 2.24) is 20.4 Å². The minimum Gasteiger partial charge on any atom is -0.358 e. The largest absolute Gasteiger partial charge is 0.358 e. The number of nitrogens with one attached hydrogen (secondary N) is 3. The van der Waals surface area contributed by atoms with Crippen LogP contribution in [0.25, 0.3) is 0 Å². The van der Waals surface area contributed by atoms with Crippen LogP contribution in [-0.4, -0.2) is 41.2 Å². The first kappa shape index (κ1) is 16.5. The molecule has 20 heavy (non-hydrogen) atoms. The maximum Gasteiger partial charge on any atom is 0.241 e. The Kier molecular flexibility index (Phi) is 6.47. The number of nitrogens with zero attached hydrogens (tertiary/aromatic N) is 2. The van der Waals surface area contributed by atoms with E-state index in [9.17, 15) is 9.59 Å². The van der Waals surface area contributed by atoms with Crippen LogP contribution >= 0.6 is 12.4 Å². The van der Waals surface area contributed by atoms with Crippen LogP contribution in [0.1, 0.15) is 19.3 Å². The van der Waals surface area contributed by atoms with Gasteiger partial charge in [0.15, 0.2) is 0 Å². The van der Waals surface area contributed by atoms with Crippen LogP contribution in [0.3, 0.4) is 0 Å². The number of likely N-dealkylation sites (N-methyl/N-ethyl adjacent to an activating group) is 1. The zero-order chi connectivity index (χ0) is 13.7. The lowest BCUT2D eigenvalue weighted by Gasteiger charge is -2.22. The van der Waals surface area contributed by atoms with Gasteiger partial charge < -0.3 is 16.0 Å². The summed E-state index contributed by atoms with van der Waals surface area (Å²) in [6.45, 7) is 1.03. The molecule has 1 aliphatic heterocycles. The molecule has 0 spiro atoms. The van der Waals surface area contributed by atoms with Gasteiger partial charge >= 0.3 is 0 Å². The van der Waals surface area contributed by atoms with E-state index in [2.05, 4.69) is 21.0 Å². The molecule has 1 aliphatic rings. The Balaban J connectivity index is 0.00000200. The van der Waals surface area contributed by atoms with E-state index < -0.39 is 0 Å². The van der Waals surface area contributed by atoms with E-state index in [-0.39, 0.29) is 36.8 Å². The fourth-order valence-corrected chi connectivity index (χ4v) is 2.05. The zero-order valence-electron chi connectivity index (χ0n) is 11.4. The van der Waals surface area contributed by atoms with Crippen molar-refractivity contribution in [3.05, 3.63) is 12.4 Å². The molecule has 0 aliphatic carbocycles. The second-order valence-electron chi connectivity index (χ2n) is 4.59. The summed E-state index contributed by atoms with van der Waals surface area (Å²) >= 11 is 0. The number of carbonyl (C=O) groups excluding carboxylic acids is 2. The van der Waals surface area contributed by atoms with Crippen LogP contribution in [0, 0.1) is 0 Å². The van der Waals surface area contributed by atoms with E-state index in [1.165, 1.54) is 4.68 Å². The van der Waals surface area contributed by atoms with Crippen LogP contribution in [0.2, 0.25) is 0 Å². The van der Waals surface area contributed by atoms with Crippen LogP contribution in [0.5, 0.6) is 0 Å². The highest BCUT2D eigenvalue weighted by molar-refractivity contribution is 5.94. The average Bonchev–Trinajstić information content (AvgIpc) is 2.86. The van der Waals surface area contributed by atoms with Crippen molar-refractivity contribution >= 4 is 29.9 Å². The number of hydrogen-bond acceptors (Lipinski definition) is 4. The Labute approximate surface area is 123 Å². The third-order valence-electron chi connectivity index (χ3n) is 3.11. The average molecular weight is 302 g/mol. The molecule has 0 radical (unpaired) electrons. The highest BCUT2D eigenvalue weighted by Crippen LogP contribution is 2.10. The van der Waals surface area contributed by atoms with E-state index in [0.717, 1.165) is 25.8 Å². The number of hydrogen-bond donors (Lipinski definition) is 3. The number of anilines is 1. The van der Waals surface area contributed by atoms with Gasteiger partial charge in [-0.05, 0) is 19.4 Å². The van der Waals surface area contributed by atoms with Crippen LogP contribution in [0.15, 0.2) is 12.4 Å². The number of carbonyl (C=O) groups is 2. The first-order chi connectivity index (χ1) is 9.19. The fraction of sp³-hybridized carbons (Fsp3) is 0.583. The lowest BCUT2D eigenvalue weighted by molar-refractivity contribution is -0.121. The predicted octanol–water partition coefficient (Wildman–Crippen LogP) is 0.131. The fourth-order valence-electron chi connectivity index (χ4n) is 2.05. The lowest BCUT2D eigenvalue weighted by Crippen LogP contribution is -2.43. The number of halogens is 1. The number of amides is 2. The van der Waals surface area contributed by atoms with Crippen molar-refractivity contribution in [3.8, 4) is 0 Å². The summed E-state index contributed by atoms with van der Waals surface area (Å²) in [5, 5.41) is 12.5. The van der Waals surface area contributed by atoms with Gasteiger partial charge in [0.1, 0.15) is 6.54 Å². The molecule has 0 aromatic carbocycles. The SMILES string of the molecule is CNC(=O)Cn1cc(NC(=O)C2CCCCN2)cn1.Cl. The zero-order valence-corrected chi connectivity index (χ0v) is 12.2. The minimum absolute atomic E-state index is 0. The summed E-state index contributed by atoms with van der Waals surface area (Å²) in [7, 11) is 1.57. The summed E-state index contributed by atoms with van der Waals surface area (Å²) in [4.78, 5) is 23.2. The monoisotopic (exact) mass is 301 g/mol. The third-order valence-corrected chi connectivity index (χ3v) is 3.11. The Morgan fingerprint density at radius 1 is 1.50 bits per heavy atom. The third kappa shape index (κ3) is 4.50. The maximum absolute atomic E-state index is 12.0. The molecule has 0 bridgehead atoms. The van der Waals surface area contributed by atoms with Crippen molar-refractivity contribution < 1.29 is 9.59 Å². The van der Waals surface area contributed by atoms with Gasteiger partial charge in [0.2, 0.25) is 11.8 Å². The molecule has 1 saturated heterocycles. The molecular weight excluding hydrogens is 282 g/mol. The van der Waals surface area contributed by atoms with Gasteiger partial charge in [-0.25, -0.2) is 0 Å². The molecule has 1 aromatic heterocycles. The number of rotatable bonds is 4. The van der Waals surface area contributed by atoms with Gasteiger partial charge in [0, 0.05) is 13.2 Å². The standard InChI is InChI=1S/C12H19N5O2.ClH/c1-13-11(18)8-17-7-9(6-15-17)16-12(19)10-4-2-3-5-14-10;/h6-7,10,14H,2-5,8H2,1H3,(H,13,18)(H,16,19);1H. The molecule has 112 valence electrons. The maximum atomic E-state index is 12.0. The Morgan fingerprint density at radius 2 is 2.30 bits per heavy atom. The van der Waals surface area contributed by atoms with Crippen molar-refractivity contribution in [1.29, 1.82) is 0 Å². The Hall–Kier alpha value is -1.60. The summed E-state index contributed by atoms with van der Waals surface area (Å²) < 4.78 is 1.49. The van der Waals surface area contributed by atoms with Gasteiger partial charge in [-0.2, -0.15) is 5.10 Å². The first-order valence-corrected chi connectivity index (χ1v) is 6.46. The van der Waals surface area contributed by atoms with Crippen molar-refractivity contribution in [2.24, 2.45) is 0 Å². The molecule has 2 rings (SSSR count). The smallest absolute Gasteiger partial charge is 0.241 e. The quantitative estimate of drug-likeness (QED) is 0.738. The molecule has 7 nitrogen and oxygen atoms in total. The van der Waals surface area contributed by atoms with E-state index in [4.69, 9.17) is 0 Å². The molecule has 1 aromatic rings. The minimum atomic E-state index is -0.130. The van der Waals surface area contributed by atoms with E-state index >= 15 is 0 Å². The molecule has 3 N–H and O–H groups in total. The van der Waals surface area contributed by atoms with E-state index in [0.29, 0.717) is 5.69 Å². The van der Waals surface area contributed by atoms with Gasteiger partial charge in [0.05, 0.1) is 17.9 Å². The Bertz CT molecular complexity index is 456. The molecule has 2 heterocycles. The molecule has 2 amide bonds. The lowest BCUT2D eigenvalue weighted by atomic mass is 10.0. The second-order valence-corrected chi connectivity index (χ2v) is 4.59. The number of piperidine rings is 1. The van der Waals surface area contributed by atoms with Gasteiger partial charge in [0.25, 0.3) is 0 Å². The van der Waals surface area contributed by atoms with Gasteiger partial charge in [-0.3, -0.25) is 14.3 Å². The van der Waals surface area contributed by atoms with Crippen LogP contribution < -0.4 is 16.0 Å².